The Hall–Kier alpha value is -2.34. The number of halogens is 3. The van der Waals surface area contributed by atoms with Gasteiger partial charge < -0.3 is 9.47 Å². The molecule has 1 aliphatic heterocycles. The highest BCUT2D eigenvalue weighted by molar-refractivity contribution is 5.89. The highest BCUT2D eigenvalue weighted by Crippen LogP contribution is 2.41. The van der Waals surface area contributed by atoms with Crippen LogP contribution in [0, 0.1) is 23.4 Å². The summed E-state index contributed by atoms with van der Waals surface area (Å²) in [5.74, 6) is -2.02. The Morgan fingerprint density at radius 2 is 1.46 bits per heavy atom. The van der Waals surface area contributed by atoms with E-state index in [2.05, 4.69) is 6.92 Å². The smallest absolute Gasteiger partial charge is 0.341 e. The topological polar surface area (TPSA) is 38.8 Å². The molecule has 0 aromatic heterocycles. The van der Waals surface area contributed by atoms with Gasteiger partial charge in [-0.3, -0.25) is 0 Å². The van der Waals surface area contributed by atoms with Gasteiger partial charge in [-0.15, -0.1) is 0 Å². The van der Waals surface area contributed by atoms with Crippen LogP contribution in [-0.2, 0) is 9.47 Å². The molecule has 35 heavy (non-hydrogen) atoms. The van der Waals surface area contributed by atoms with E-state index in [0.29, 0.717) is 54.9 Å². The summed E-state index contributed by atoms with van der Waals surface area (Å²) in [4.78, 5) is 12.5. The number of rotatable bonds is 6. The van der Waals surface area contributed by atoms with Crippen molar-refractivity contribution in [2.24, 2.45) is 5.92 Å². The minimum atomic E-state index is -0.720. The van der Waals surface area contributed by atoms with Crippen LogP contribution < -0.4 is 0 Å². The van der Waals surface area contributed by atoms with Crippen molar-refractivity contribution in [2.45, 2.75) is 88.8 Å². The third-order valence-corrected chi connectivity index (χ3v) is 8.31. The van der Waals surface area contributed by atoms with E-state index in [0.717, 1.165) is 32.1 Å². The van der Waals surface area contributed by atoms with Crippen LogP contribution in [0.25, 0.3) is 0 Å². The van der Waals surface area contributed by atoms with Gasteiger partial charge in [0, 0.05) is 0 Å². The molecule has 0 spiro atoms. The summed E-state index contributed by atoms with van der Waals surface area (Å²) < 4.78 is 55.2. The number of esters is 1. The first-order chi connectivity index (χ1) is 16.9. The minimum Gasteiger partial charge on any atom is -0.459 e. The third-order valence-electron chi connectivity index (χ3n) is 8.31. The van der Waals surface area contributed by atoms with E-state index in [1.807, 2.05) is 0 Å². The first-order valence-electron chi connectivity index (χ1n) is 13.0. The molecule has 2 aromatic carbocycles. The van der Waals surface area contributed by atoms with Crippen LogP contribution in [0.5, 0.6) is 0 Å². The standard InChI is InChI=1S/C29H33F3O3/c1-2-17-3-5-18(6-4-17)22-13-14-23(28(32)27(22)31)19-7-10-21(11-8-19)35-29(33)24-12-9-20(15-25(24)30)26-16-34-26/h9,12-15,17-19,21,26H,2-8,10-11,16H2,1H3. The van der Waals surface area contributed by atoms with E-state index in [1.54, 1.807) is 18.2 Å². The number of hydrogen-bond acceptors (Lipinski definition) is 3. The minimum absolute atomic E-state index is 0.0831. The summed E-state index contributed by atoms with van der Waals surface area (Å²) in [6.45, 7) is 2.76. The maximum Gasteiger partial charge on any atom is 0.341 e. The zero-order chi connectivity index (χ0) is 24.5. The van der Waals surface area contributed by atoms with Crippen LogP contribution >= 0.6 is 0 Å². The Balaban J connectivity index is 1.18. The van der Waals surface area contributed by atoms with Crippen molar-refractivity contribution in [3.63, 3.8) is 0 Å². The maximum absolute atomic E-state index is 15.1. The van der Waals surface area contributed by atoms with Crippen molar-refractivity contribution in [1.29, 1.82) is 0 Å². The second-order valence-corrected chi connectivity index (χ2v) is 10.4. The van der Waals surface area contributed by atoms with E-state index in [1.165, 1.54) is 12.1 Å². The van der Waals surface area contributed by atoms with E-state index >= 15 is 8.78 Å². The lowest BCUT2D eigenvalue weighted by atomic mass is 9.76. The average molecular weight is 487 g/mol. The van der Waals surface area contributed by atoms with Crippen molar-refractivity contribution in [2.75, 3.05) is 6.61 Å². The van der Waals surface area contributed by atoms with Crippen LogP contribution in [0.15, 0.2) is 30.3 Å². The Labute approximate surface area is 205 Å². The molecule has 5 rings (SSSR count). The summed E-state index contributed by atoms with van der Waals surface area (Å²) in [7, 11) is 0. The van der Waals surface area contributed by atoms with Crippen LogP contribution in [0.1, 0.15) is 110 Å². The Morgan fingerprint density at radius 1 is 0.886 bits per heavy atom. The summed E-state index contributed by atoms with van der Waals surface area (Å²) in [5, 5.41) is 0. The fourth-order valence-electron chi connectivity index (χ4n) is 5.94. The number of ether oxygens (including phenoxy) is 2. The van der Waals surface area contributed by atoms with Crippen LogP contribution in [-0.4, -0.2) is 18.7 Å². The molecule has 0 N–H and O–H groups in total. The van der Waals surface area contributed by atoms with Crippen molar-refractivity contribution < 1.29 is 27.4 Å². The zero-order valence-corrected chi connectivity index (χ0v) is 20.2. The van der Waals surface area contributed by atoms with Gasteiger partial charge in [0.25, 0.3) is 0 Å². The molecule has 0 radical (unpaired) electrons. The molecule has 0 amide bonds. The van der Waals surface area contributed by atoms with Gasteiger partial charge in [-0.1, -0.05) is 31.5 Å². The summed E-state index contributed by atoms with van der Waals surface area (Å²) >= 11 is 0. The number of benzene rings is 2. The molecule has 1 atom stereocenters. The molecule has 188 valence electrons. The van der Waals surface area contributed by atoms with Gasteiger partial charge in [-0.05, 0) is 97.9 Å². The lowest BCUT2D eigenvalue weighted by Gasteiger charge is -2.30. The molecule has 1 saturated heterocycles. The zero-order valence-electron chi connectivity index (χ0n) is 20.2. The van der Waals surface area contributed by atoms with E-state index in [4.69, 9.17) is 9.47 Å². The molecular weight excluding hydrogens is 453 g/mol. The van der Waals surface area contributed by atoms with Crippen molar-refractivity contribution in [3.05, 3.63) is 70.0 Å². The van der Waals surface area contributed by atoms with Crippen LogP contribution in [0.4, 0.5) is 13.2 Å². The molecule has 2 aromatic rings. The van der Waals surface area contributed by atoms with Gasteiger partial charge in [0.2, 0.25) is 0 Å². The quantitative estimate of drug-likeness (QED) is 0.310. The Morgan fingerprint density at radius 3 is 1.97 bits per heavy atom. The first-order valence-corrected chi connectivity index (χ1v) is 13.0. The number of hydrogen-bond donors (Lipinski definition) is 0. The highest BCUT2D eigenvalue weighted by atomic mass is 19.2. The van der Waals surface area contributed by atoms with Crippen molar-refractivity contribution in [1.82, 2.24) is 0 Å². The molecule has 1 unspecified atom stereocenters. The lowest BCUT2D eigenvalue weighted by Crippen LogP contribution is -2.25. The molecule has 2 aliphatic carbocycles. The maximum atomic E-state index is 15.1. The largest absolute Gasteiger partial charge is 0.459 e. The monoisotopic (exact) mass is 486 g/mol. The highest BCUT2D eigenvalue weighted by Gasteiger charge is 2.31. The molecule has 6 heteroatoms. The molecular formula is C29H33F3O3. The molecule has 3 fully saturated rings. The van der Waals surface area contributed by atoms with Gasteiger partial charge >= 0.3 is 5.97 Å². The van der Waals surface area contributed by atoms with Gasteiger partial charge in [-0.25, -0.2) is 18.0 Å². The Bertz CT molecular complexity index is 1070. The molecule has 3 nitrogen and oxygen atoms in total. The summed E-state index contributed by atoms with van der Waals surface area (Å²) in [6, 6.07) is 7.99. The fraction of sp³-hybridized carbons (Fsp3) is 0.552. The SMILES string of the molecule is CCC1CCC(c2ccc(C3CCC(OC(=O)c4ccc(C5CO5)cc4F)CC3)c(F)c2F)CC1. The van der Waals surface area contributed by atoms with Crippen molar-refractivity contribution >= 4 is 5.97 Å². The average Bonchev–Trinajstić information content (AvgIpc) is 3.72. The molecule has 3 aliphatic rings. The predicted molar refractivity (Wildman–Crippen MR) is 127 cm³/mol. The summed E-state index contributed by atoms with van der Waals surface area (Å²) in [6.07, 6.45) is 6.97. The second-order valence-electron chi connectivity index (χ2n) is 10.4. The van der Waals surface area contributed by atoms with E-state index < -0.39 is 23.4 Å². The van der Waals surface area contributed by atoms with E-state index in [9.17, 15) is 9.18 Å². The second kappa shape index (κ2) is 10.3. The first kappa shape index (κ1) is 24.4. The Kier molecular flexibility index (Phi) is 7.19. The molecule has 2 saturated carbocycles. The van der Waals surface area contributed by atoms with Gasteiger partial charge in [0.1, 0.15) is 18.0 Å². The lowest BCUT2D eigenvalue weighted by molar-refractivity contribution is 0.0189. The van der Waals surface area contributed by atoms with Crippen LogP contribution in [0.3, 0.4) is 0 Å². The predicted octanol–water partition coefficient (Wildman–Crippen LogP) is 7.74. The normalized spacial score (nSPS) is 28.5. The number of epoxide rings is 1. The molecule has 1 heterocycles. The summed E-state index contributed by atoms with van der Waals surface area (Å²) in [5.41, 5.74) is 1.56. The van der Waals surface area contributed by atoms with E-state index in [-0.39, 0.29) is 29.6 Å². The van der Waals surface area contributed by atoms with Gasteiger partial charge in [-0.2, -0.15) is 0 Å². The third kappa shape index (κ3) is 5.28. The number of carbonyl (C=O) groups is 1. The van der Waals surface area contributed by atoms with Gasteiger partial charge in [0.05, 0.1) is 12.2 Å². The van der Waals surface area contributed by atoms with Crippen molar-refractivity contribution in [3.8, 4) is 0 Å². The fourth-order valence-corrected chi connectivity index (χ4v) is 5.94. The molecule has 0 bridgehead atoms. The van der Waals surface area contributed by atoms with Gasteiger partial charge in [0.15, 0.2) is 11.6 Å². The van der Waals surface area contributed by atoms with Crippen LogP contribution in [0.2, 0.25) is 0 Å². The number of carbonyl (C=O) groups excluding carboxylic acids is 1.